The van der Waals surface area contributed by atoms with Gasteiger partial charge in [-0.05, 0) is 52.4 Å². The zero-order valence-electron chi connectivity index (χ0n) is 11.8. The second-order valence-electron chi connectivity index (χ2n) is 5.22. The van der Waals surface area contributed by atoms with E-state index in [0.717, 1.165) is 12.8 Å². The molecule has 0 radical (unpaired) electrons. The quantitative estimate of drug-likeness (QED) is 0.485. The lowest BCUT2D eigenvalue weighted by atomic mass is 9.99. The first-order valence-corrected chi connectivity index (χ1v) is 6.40. The Balaban J connectivity index is 3.79. The predicted molar refractivity (Wildman–Crippen MR) is 75.6 cm³/mol. The Morgan fingerprint density at radius 3 is 2.06 bits per heavy atom. The molecular weight excluding hydrogens is 192 g/mol. The average molecular weight is 220 g/mol. The van der Waals surface area contributed by atoms with Gasteiger partial charge in [-0.15, -0.1) is 0 Å². The molecule has 0 rings (SSSR count). The van der Waals surface area contributed by atoms with E-state index in [1.165, 1.54) is 29.6 Å². The highest BCUT2D eigenvalue weighted by Crippen LogP contribution is 2.15. The Morgan fingerprint density at radius 1 is 1.00 bits per heavy atom. The topological polar surface area (TPSA) is 0 Å². The molecule has 0 aliphatic carbocycles. The zero-order valence-corrected chi connectivity index (χ0v) is 11.8. The summed E-state index contributed by atoms with van der Waals surface area (Å²) in [7, 11) is 0. The van der Waals surface area contributed by atoms with Crippen LogP contribution in [0.4, 0.5) is 0 Å². The average Bonchev–Trinajstić information content (AvgIpc) is 2.16. The Morgan fingerprint density at radius 2 is 1.56 bits per heavy atom. The molecule has 0 saturated carbocycles. The molecule has 0 aromatic heterocycles. The Kier molecular flexibility index (Phi) is 7.97. The van der Waals surface area contributed by atoms with Crippen molar-refractivity contribution in [2.24, 2.45) is 5.92 Å². The molecule has 0 fully saturated rings. The third-order valence-electron chi connectivity index (χ3n) is 2.87. The molecule has 16 heavy (non-hydrogen) atoms. The summed E-state index contributed by atoms with van der Waals surface area (Å²) in [6.07, 6.45) is 9.33. The van der Waals surface area contributed by atoms with Crippen LogP contribution in [0.3, 0.4) is 0 Å². The minimum atomic E-state index is 0.624. The fourth-order valence-corrected chi connectivity index (χ4v) is 1.48. The second-order valence-corrected chi connectivity index (χ2v) is 5.22. The minimum absolute atomic E-state index is 0.624. The number of hydrogen-bond acceptors (Lipinski definition) is 0. The fourth-order valence-electron chi connectivity index (χ4n) is 1.48. The van der Waals surface area contributed by atoms with E-state index < -0.39 is 0 Å². The van der Waals surface area contributed by atoms with Crippen LogP contribution < -0.4 is 0 Å². The van der Waals surface area contributed by atoms with Crippen molar-refractivity contribution in [1.29, 1.82) is 0 Å². The lowest BCUT2D eigenvalue weighted by Gasteiger charge is -2.07. The van der Waals surface area contributed by atoms with E-state index in [1.54, 1.807) is 0 Å². The lowest BCUT2D eigenvalue weighted by Crippen LogP contribution is -1.91. The van der Waals surface area contributed by atoms with Gasteiger partial charge in [-0.3, -0.25) is 0 Å². The van der Waals surface area contributed by atoms with Gasteiger partial charge in [0.05, 0.1) is 0 Å². The van der Waals surface area contributed by atoms with Crippen molar-refractivity contribution in [3.63, 3.8) is 0 Å². The Bertz CT molecular complexity index is 260. The van der Waals surface area contributed by atoms with Crippen LogP contribution in [-0.4, -0.2) is 0 Å². The van der Waals surface area contributed by atoms with Gasteiger partial charge in [0.2, 0.25) is 0 Å². The molecule has 0 aromatic carbocycles. The molecular formula is C16H28. The van der Waals surface area contributed by atoms with E-state index in [1.807, 2.05) is 0 Å². The standard InChI is InChI=1S/C16H28/c1-13(2)9-7-10-15(5)11-8-12-16(6)14(3)4/h9,11,14H,6-8,10,12H2,1-5H3. The van der Waals surface area contributed by atoms with Crippen molar-refractivity contribution in [3.8, 4) is 0 Å². The van der Waals surface area contributed by atoms with E-state index in [4.69, 9.17) is 0 Å². The highest BCUT2D eigenvalue weighted by atomic mass is 14.0. The molecule has 0 saturated heterocycles. The predicted octanol–water partition coefficient (Wildman–Crippen LogP) is 5.67. The normalized spacial score (nSPS) is 11.8. The van der Waals surface area contributed by atoms with Crippen LogP contribution in [0.2, 0.25) is 0 Å². The maximum absolute atomic E-state index is 4.10. The Labute approximate surface area is 102 Å². The van der Waals surface area contributed by atoms with E-state index in [-0.39, 0.29) is 0 Å². The summed E-state index contributed by atoms with van der Waals surface area (Å²) in [5.41, 5.74) is 4.29. The van der Waals surface area contributed by atoms with Crippen molar-refractivity contribution in [2.45, 2.75) is 60.3 Å². The van der Waals surface area contributed by atoms with Crippen LogP contribution in [0.25, 0.3) is 0 Å². The third-order valence-corrected chi connectivity index (χ3v) is 2.87. The molecule has 0 nitrogen and oxygen atoms in total. The molecule has 0 heterocycles. The number of rotatable bonds is 7. The van der Waals surface area contributed by atoms with Gasteiger partial charge in [0, 0.05) is 0 Å². The van der Waals surface area contributed by atoms with E-state index >= 15 is 0 Å². The van der Waals surface area contributed by atoms with Gasteiger partial charge < -0.3 is 0 Å². The van der Waals surface area contributed by atoms with Gasteiger partial charge in [0.15, 0.2) is 0 Å². The molecule has 0 heteroatoms. The molecule has 0 atom stereocenters. The van der Waals surface area contributed by atoms with E-state index in [0.29, 0.717) is 5.92 Å². The molecule has 0 amide bonds. The van der Waals surface area contributed by atoms with Crippen LogP contribution in [-0.2, 0) is 0 Å². The summed E-state index contributed by atoms with van der Waals surface area (Å²) in [5, 5.41) is 0. The van der Waals surface area contributed by atoms with Crippen molar-refractivity contribution in [1.82, 2.24) is 0 Å². The molecule has 0 aliphatic rings. The monoisotopic (exact) mass is 220 g/mol. The maximum Gasteiger partial charge on any atom is -0.0263 e. The third kappa shape index (κ3) is 8.52. The highest BCUT2D eigenvalue weighted by molar-refractivity contribution is 5.05. The lowest BCUT2D eigenvalue weighted by molar-refractivity contribution is 0.717. The van der Waals surface area contributed by atoms with E-state index in [2.05, 4.69) is 53.3 Å². The molecule has 0 unspecified atom stereocenters. The summed E-state index contributed by atoms with van der Waals surface area (Å²) in [6, 6.07) is 0. The van der Waals surface area contributed by atoms with E-state index in [9.17, 15) is 0 Å². The van der Waals surface area contributed by atoms with Crippen molar-refractivity contribution in [2.75, 3.05) is 0 Å². The first-order chi connectivity index (χ1) is 7.43. The van der Waals surface area contributed by atoms with Crippen LogP contribution >= 0.6 is 0 Å². The van der Waals surface area contributed by atoms with Crippen molar-refractivity contribution in [3.05, 3.63) is 35.5 Å². The summed E-state index contributed by atoms with van der Waals surface area (Å²) >= 11 is 0. The smallest absolute Gasteiger partial charge is 0.0263 e. The molecule has 0 bridgehead atoms. The number of hydrogen-bond donors (Lipinski definition) is 0. The van der Waals surface area contributed by atoms with Crippen LogP contribution in [0.1, 0.15) is 60.3 Å². The molecule has 0 aromatic rings. The summed E-state index contributed by atoms with van der Waals surface area (Å²) in [6.45, 7) is 15.1. The van der Waals surface area contributed by atoms with Crippen molar-refractivity contribution < 1.29 is 0 Å². The maximum atomic E-state index is 4.10. The van der Waals surface area contributed by atoms with Crippen molar-refractivity contribution >= 4 is 0 Å². The summed E-state index contributed by atoms with van der Waals surface area (Å²) in [5.74, 6) is 0.624. The first kappa shape index (κ1) is 15.2. The molecule has 92 valence electrons. The van der Waals surface area contributed by atoms with Gasteiger partial charge in [0.1, 0.15) is 0 Å². The van der Waals surface area contributed by atoms with Crippen LogP contribution in [0.5, 0.6) is 0 Å². The SMILES string of the molecule is C=C(CCC=C(C)CCC=C(C)C)C(C)C. The van der Waals surface area contributed by atoms with Crippen LogP contribution in [0.15, 0.2) is 35.5 Å². The van der Waals surface area contributed by atoms with Gasteiger partial charge in [-0.1, -0.05) is 49.3 Å². The number of allylic oxidation sites excluding steroid dienone is 5. The highest BCUT2D eigenvalue weighted by Gasteiger charge is 1.98. The second kappa shape index (κ2) is 8.38. The van der Waals surface area contributed by atoms with Gasteiger partial charge in [0.25, 0.3) is 0 Å². The molecule has 0 aliphatic heterocycles. The molecule has 0 N–H and O–H groups in total. The first-order valence-electron chi connectivity index (χ1n) is 6.40. The Hall–Kier alpha value is -0.780. The largest absolute Gasteiger partial charge is 0.0996 e. The minimum Gasteiger partial charge on any atom is -0.0996 e. The molecule has 0 spiro atoms. The summed E-state index contributed by atoms with van der Waals surface area (Å²) in [4.78, 5) is 0. The van der Waals surface area contributed by atoms with Gasteiger partial charge >= 0.3 is 0 Å². The van der Waals surface area contributed by atoms with Gasteiger partial charge in [-0.25, -0.2) is 0 Å². The zero-order chi connectivity index (χ0) is 12.6. The van der Waals surface area contributed by atoms with Crippen LogP contribution in [0, 0.1) is 5.92 Å². The van der Waals surface area contributed by atoms with Gasteiger partial charge in [-0.2, -0.15) is 0 Å². The summed E-state index contributed by atoms with van der Waals surface area (Å²) < 4.78 is 0. The fraction of sp³-hybridized carbons (Fsp3) is 0.625.